The second-order valence-corrected chi connectivity index (χ2v) is 8.30. The molecule has 0 aliphatic rings. The van der Waals surface area contributed by atoms with E-state index in [1.165, 1.54) is 19.4 Å². The van der Waals surface area contributed by atoms with Crippen LogP contribution in [0.1, 0.15) is 18.2 Å². The maximum Gasteiger partial charge on any atom is 0.326 e. The number of carboxylic acids is 1. The first-order valence-electron chi connectivity index (χ1n) is 11.2. The normalized spacial score (nSPS) is 14.4. The number of aromatic amines is 2. The molecule has 13 heteroatoms. The lowest BCUT2D eigenvalue weighted by molar-refractivity contribution is -0.142. The van der Waals surface area contributed by atoms with Crippen molar-refractivity contribution in [3.63, 3.8) is 0 Å². The summed E-state index contributed by atoms with van der Waals surface area (Å²) in [5.41, 5.74) is 7.31. The van der Waals surface area contributed by atoms with Crippen molar-refractivity contribution in [3.8, 4) is 0 Å². The van der Waals surface area contributed by atoms with E-state index in [4.69, 9.17) is 5.73 Å². The molecule has 3 amide bonds. The smallest absolute Gasteiger partial charge is 0.326 e. The Labute approximate surface area is 205 Å². The Morgan fingerprint density at radius 3 is 2.39 bits per heavy atom. The number of nitrogens with two attached hydrogens (primary N) is 1. The minimum Gasteiger partial charge on any atom is -0.480 e. The lowest BCUT2D eigenvalue weighted by Crippen LogP contribution is -2.59. The molecule has 3 rings (SSSR count). The van der Waals surface area contributed by atoms with Crippen LogP contribution in [0.15, 0.2) is 43.0 Å². The van der Waals surface area contributed by atoms with Crippen LogP contribution in [0.4, 0.5) is 0 Å². The van der Waals surface area contributed by atoms with Gasteiger partial charge >= 0.3 is 5.97 Å². The van der Waals surface area contributed by atoms with Crippen LogP contribution in [0.2, 0.25) is 0 Å². The molecule has 0 saturated carbocycles. The minimum absolute atomic E-state index is 0.00927. The van der Waals surface area contributed by atoms with Gasteiger partial charge in [0.25, 0.3) is 0 Å². The third-order valence-electron chi connectivity index (χ3n) is 5.59. The molecule has 4 atom stereocenters. The molecule has 1 aromatic carbocycles. The van der Waals surface area contributed by atoms with Gasteiger partial charge in [0.2, 0.25) is 17.7 Å². The number of imidazole rings is 1. The van der Waals surface area contributed by atoms with Gasteiger partial charge < -0.3 is 41.9 Å². The molecule has 13 nitrogen and oxygen atoms in total. The van der Waals surface area contributed by atoms with E-state index in [1.54, 1.807) is 6.20 Å². The average Bonchev–Trinajstić information content (AvgIpc) is 3.51. The maximum atomic E-state index is 13.3. The van der Waals surface area contributed by atoms with Crippen molar-refractivity contribution >= 4 is 34.6 Å². The molecule has 2 heterocycles. The number of rotatable bonds is 12. The van der Waals surface area contributed by atoms with Gasteiger partial charge in [-0.1, -0.05) is 18.2 Å². The summed E-state index contributed by atoms with van der Waals surface area (Å²) in [5.74, 6) is -3.52. The van der Waals surface area contributed by atoms with Gasteiger partial charge in [0, 0.05) is 41.8 Å². The van der Waals surface area contributed by atoms with Crippen LogP contribution in [0, 0.1) is 0 Å². The fourth-order valence-electron chi connectivity index (χ4n) is 3.72. The summed E-state index contributed by atoms with van der Waals surface area (Å²) in [6.45, 7) is 0.907. The van der Waals surface area contributed by atoms with Crippen LogP contribution in [-0.2, 0) is 32.0 Å². The van der Waals surface area contributed by atoms with Gasteiger partial charge in [0.05, 0.1) is 19.0 Å². The van der Waals surface area contributed by atoms with E-state index in [9.17, 15) is 29.4 Å². The van der Waals surface area contributed by atoms with Gasteiger partial charge in [-0.25, -0.2) is 9.78 Å². The highest BCUT2D eigenvalue weighted by Crippen LogP contribution is 2.19. The number of aliphatic carboxylic acids is 1. The molecule has 192 valence electrons. The van der Waals surface area contributed by atoms with E-state index in [1.807, 2.05) is 24.3 Å². The van der Waals surface area contributed by atoms with Crippen LogP contribution in [0.5, 0.6) is 0 Å². The standard InChI is InChI=1S/C23H29N7O6/c1-12(31)20(30-19(32)8-24)22(34)28-17(6-13-9-26-16-5-3-2-4-15(13)16)21(33)29-18(23(35)36)7-14-10-25-11-27-14/h2-5,9-12,17-18,20,26,31H,6-8,24H2,1H3,(H,25,27)(H,28,34)(H,29,33)(H,30,32)(H,35,36). The zero-order valence-electron chi connectivity index (χ0n) is 19.5. The van der Waals surface area contributed by atoms with Crippen LogP contribution in [0.3, 0.4) is 0 Å². The molecule has 36 heavy (non-hydrogen) atoms. The summed E-state index contributed by atoms with van der Waals surface area (Å²) in [6, 6.07) is 3.46. The Bertz CT molecular complexity index is 1210. The molecular formula is C23H29N7O6. The lowest BCUT2D eigenvalue weighted by atomic mass is 10.0. The van der Waals surface area contributed by atoms with Gasteiger partial charge in [-0.15, -0.1) is 0 Å². The van der Waals surface area contributed by atoms with Crippen LogP contribution < -0.4 is 21.7 Å². The number of hydrogen-bond donors (Lipinski definition) is 8. The van der Waals surface area contributed by atoms with Gasteiger partial charge in [-0.05, 0) is 18.6 Å². The van der Waals surface area contributed by atoms with Gasteiger partial charge in [0.1, 0.15) is 18.1 Å². The second-order valence-electron chi connectivity index (χ2n) is 8.30. The van der Waals surface area contributed by atoms with Gasteiger partial charge in [-0.2, -0.15) is 0 Å². The monoisotopic (exact) mass is 499 g/mol. The number of nitrogens with zero attached hydrogens (tertiary/aromatic N) is 1. The molecule has 0 radical (unpaired) electrons. The summed E-state index contributed by atoms with van der Waals surface area (Å²) >= 11 is 0. The highest BCUT2D eigenvalue weighted by atomic mass is 16.4. The molecule has 0 saturated heterocycles. The molecule has 0 aliphatic carbocycles. The van der Waals surface area contributed by atoms with E-state index in [0.29, 0.717) is 11.3 Å². The predicted octanol–water partition coefficient (Wildman–Crippen LogP) is -1.45. The zero-order chi connectivity index (χ0) is 26.2. The van der Waals surface area contributed by atoms with Crippen LogP contribution in [-0.4, -0.2) is 79.6 Å². The molecule has 3 aromatic rings. The van der Waals surface area contributed by atoms with Crippen molar-refractivity contribution in [2.75, 3.05) is 6.54 Å². The largest absolute Gasteiger partial charge is 0.480 e. The Balaban J connectivity index is 1.85. The summed E-state index contributed by atoms with van der Waals surface area (Å²) in [5, 5.41) is 27.8. The molecule has 0 spiro atoms. The van der Waals surface area contributed by atoms with Crippen molar-refractivity contribution in [1.82, 2.24) is 30.9 Å². The minimum atomic E-state index is -1.38. The number of carbonyl (C=O) groups is 4. The topological polar surface area (TPSA) is 215 Å². The molecule has 2 aromatic heterocycles. The summed E-state index contributed by atoms with van der Waals surface area (Å²) < 4.78 is 0. The first-order valence-corrected chi connectivity index (χ1v) is 11.2. The van der Waals surface area contributed by atoms with Crippen molar-refractivity contribution in [3.05, 3.63) is 54.2 Å². The molecule has 0 bridgehead atoms. The van der Waals surface area contributed by atoms with E-state index >= 15 is 0 Å². The highest BCUT2D eigenvalue weighted by Gasteiger charge is 2.32. The number of benzene rings is 1. The Morgan fingerprint density at radius 2 is 1.75 bits per heavy atom. The Morgan fingerprint density at radius 1 is 1.03 bits per heavy atom. The second kappa shape index (κ2) is 12.0. The number of hydrogen-bond acceptors (Lipinski definition) is 7. The van der Waals surface area contributed by atoms with E-state index in [0.717, 1.165) is 10.9 Å². The zero-order valence-corrected chi connectivity index (χ0v) is 19.5. The third kappa shape index (κ3) is 6.67. The van der Waals surface area contributed by atoms with E-state index < -0.39 is 54.5 Å². The molecule has 0 aliphatic heterocycles. The summed E-state index contributed by atoms with van der Waals surface area (Å²) in [6.07, 6.45) is 3.19. The van der Waals surface area contributed by atoms with E-state index in [2.05, 4.69) is 30.9 Å². The van der Waals surface area contributed by atoms with Gasteiger partial charge in [-0.3, -0.25) is 14.4 Å². The van der Waals surface area contributed by atoms with E-state index in [-0.39, 0.29) is 12.8 Å². The van der Waals surface area contributed by atoms with Crippen molar-refractivity contribution in [1.29, 1.82) is 0 Å². The molecular weight excluding hydrogens is 470 g/mol. The number of para-hydroxylation sites is 1. The predicted molar refractivity (Wildman–Crippen MR) is 128 cm³/mol. The number of carbonyl (C=O) groups excluding carboxylic acids is 3. The number of carboxylic acid groups (broad SMARTS) is 1. The molecule has 0 fully saturated rings. The Kier molecular flexibility index (Phi) is 8.76. The Hall–Kier alpha value is -4.23. The number of aliphatic hydroxyl groups is 1. The number of aliphatic hydroxyl groups excluding tert-OH is 1. The summed E-state index contributed by atoms with van der Waals surface area (Å²) in [7, 11) is 0. The highest BCUT2D eigenvalue weighted by molar-refractivity contribution is 5.94. The molecule has 4 unspecified atom stereocenters. The number of fused-ring (bicyclic) bond motifs is 1. The van der Waals surface area contributed by atoms with Crippen molar-refractivity contribution in [2.24, 2.45) is 5.73 Å². The first kappa shape index (κ1) is 26.4. The first-order chi connectivity index (χ1) is 17.2. The SMILES string of the molecule is CC(O)C(NC(=O)CN)C(=O)NC(Cc1c[nH]c2ccccc12)C(=O)NC(Cc1cnc[nH]1)C(=O)O. The van der Waals surface area contributed by atoms with Crippen molar-refractivity contribution in [2.45, 2.75) is 44.0 Å². The van der Waals surface area contributed by atoms with Gasteiger partial charge in [0.15, 0.2) is 0 Å². The fourth-order valence-corrected chi connectivity index (χ4v) is 3.72. The molecule has 9 N–H and O–H groups in total. The fraction of sp³-hybridized carbons (Fsp3) is 0.348. The number of nitrogens with one attached hydrogen (secondary N) is 5. The van der Waals surface area contributed by atoms with Crippen molar-refractivity contribution < 1.29 is 29.4 Å². The number of aromatic nitrogens is 3. The quantitative estimate of drug-likeness (QED) is 0.147. The maximum absolute atomic E-state index is 13.3. The van der Waals surface area contributed by atoms with Crippen LogP contribution in [0.25, 0.3) is 10.9 Å². The lowest BCUT2D eigenvalue weighted by Gasteiger charge is -2.25. The number of H-pyrrole nitrogens is 2. The number of amides is 3. The summed E-state index contributed by atoms with van der Waals surface area (Å²) in [4.78, 5) is 59.5. The average molecular weight is 500 g/mol. The van der Waals surface area contributed by atoms with Crippen LogP contribution >= 0.6 is 0 Å². The third-order valence-corrected chi connectivity index (χ3v) is 5.59.